The molecule has 1 aliphatic heterocycles. The highest BCUT2D eigenvalue weighted by Gasteiger charge is 2.22. The molecule has 1 aliphatic rings. The summed E-state index contributed by atoms with van der Waals surface area (Å²) in [6.45, 7) is 2.67. The van der Waals surface area contributed by atoms with E-state index < -0.39 is 0 Å². The van der Waals surface area contributed by atoms with E-state index >= 15 is 0 Å². The maximum absolute atomic E-state index is 12.1. The average molecular weight is 378 g/mol. The minimum Gasteiger partial charge on any atom is -0.493 e. The molecule has 1 N–H and O–H groups in total. The molecule has 0 bridgehead atoms. The molecule has 0 saturated carbocycles. The van der Waals surface area contributed by atoms with Crippen molar-refractivity contribution in [3.05, 3.63) is 56.2 Å². The van der Waals surface area contributed by atoms with Gasteiger partial charge in [-0.3, -0.25) is 4.79 Å². The number of halogens is 1. The summed E-state index contributed by atoms with van der Waals surface area (Å²) in [5.74, 6) is 0.765. The first-order chi connectivity index (χ1) is 10.6. The van der Waals surface area contributed by atoms with Crippen molar-refractivity contribution in [1.29, 1.82) is 0 Å². The maximum atomic E-state index is 12.1. The van der Waals surface area contributed by atoms with Crippen LogP contribution in [0.5, 0.6) is 5.75 Å². The molecule has 0 aliphatic carbocycles. The first kappa shape index (κ1) is 15.3. The maximum Gasteiger partial charge on any atom is 0.244 e. The van der Waals surface area contributed by atoms with Gasteiger partial charge in [0.1, 0.15) is 5.75 Å². The molecule has 1 atom stereocenters. The van der Waals surface area contributed by atoms with Gasteiger partial charge in [0.25, 0.3) is 0 Å². The molecular weight excluding hydrogens is 362 g/mol. The molecule has 0 radical (unpaired) electrons. The van der Waals surface area contributed by atoms with Crippen LogP contribution in [0.15, 0.2) is 40.9 Å². The molecule has 1 aromatic heterocycles. The summed E-state index contributed by atoms with van der Waals surface area (Å²) in [5.41, 5.74) is 1.02. The summed E-state index contributed by atoms with van der Waals surface area (Å²) in [5, 5.41) is 3.06. The zero-order valence-electron chi connectivity index (χ0n) is 12.1. The van der Waals surface area contributed by atoms with Crippen LogP contribution in [0.4, 0.5) is 0 Å². The Balaban J connectivity index is 1.70. The van der Waals surface area contributed by atoms with Crippen molar-refractivity contribution in [2.45, 2.75) is 19.4 Å². The molecular formula is C17H16BrNO2S. The summed E-state index contributed by atoms with van der Waals surface area (Å²) in [4.78, 5) is 14.5. The Hall–Kier alpha value is -1.59. The van der Waals surface area contributed by atoms with Crippen molar-refractivity contribution in [3.63, 3.8) is 0 Å². The van der Waals surface area contributed by atoms with Crippen LogP contribution in [-0.4, -0.2) is 12.5 Å². The molecule has 22 heavy (non-hydrogen) atoms. The van der Waals surface area contributed by atoms with E-state index in [1.165, 1.54) is 4.88 Å². The SMILES string of the molecule is Cc1ccc(/C=C/C(=O)NC2CCOc3ccc(Br)cc32)s1. The second-order valence-electron chi connectivity index (χ2n) is 5.16. The number of amides is 1. The van der Waals surface area contributed by atoms with E-state index in [1.54, 1.807) is 17.4 Å². The second-order valence-corrected chi connectivity index (χ2v) is 7.40. The number of fused-ring (bicyclic) bond motifs is 1. The fourth-order valence-corrected chi connectivity index (χ4v) is 3.59. The number of hydrogen-bond donors (Lipinski definition) is 1. The lowest BCUT2D eigenvalue weighted by Crippen LogP contribution is -2.30. The predicted octanol–water partition coefficient (Wildman–Crippen LogP) is 4.47. The Morgan fingerprint density at radius 1 is 1.41 bits per heavy atom. The van der Waals surface area contributed by atoms with Crippen LogP contribution in [0.1, 0.15) is 27.8 Å². The van der Waals surface area contributed by atoms with Gasteiger partial charge >= 0.3 is 0 Å². The van der Waals surface area contributed by atoms with Crippen LogP contribution in [0.3, 0.4) is 0 Å². The highest BCUT2D eigenvalue weighted by atomic mass is 79.9. The lowest BCUT2D eigenvalue weighted by Gasteiger charge is -2.26. The van der Waals surface area contributed by atoms with E-state index in [0.29, 0.717) is 6.61 Å². The number of hydrogen-bond acceptors (Lipinski definition) is 3. The van der Waals surface area contributed by atoms with Crippen LogP contribution in [0.25, 0.3) is 6.08 Å². The fourth-order valence-electron chi connectivity index (χ4n) is 2.44. The van der Waals surface area contributed by atoms with Gasteiger partial charge in [-0.05, 0) is 43.3 Å². The molecule has 3 nitrogen and oxygen atoms in total. The van der Waals surface area contributed by atoms with Crippen molar-refractivity contribution in [1.82, 2.24) is 5.32 Å². The van der Waals surface area contributed by atoms with E-state index in [9.17, 15) is 4.79 Å². The minimum absolute atomic E-state index is 0.0107. The van der Waals surface area contributed by atoms with Gasteiger partial charge in [-0.1, -0.05) is 15.9 Å². The number of nitrogens with one attached hydrogen (secondary N) is 1. The van der Waals surface area contributed by atoms with Gasteiger partial charge in [-0.2, -0.15) is 0 Å². The van der Waals surface area contributed by atoms with E-state index in [4.69, 9.17) is 4.74 Å². The number of carbonyl (C=O) groups is 1. The van der Waals surface area contributed by atoms with E-state index in [1.807, 2.05) is 30.3 Å². The lowest BCUT2D eigenvalue weighted by molar-refractivity contribution is -0.117. The van der Waals surface area contributed by atoms with Crippen LogP contribution < -0.4 is 10.1 Å². The minimum atomic E-state index is -0.0797. The quantitative estimate of drug-likeness (QED) is 0.801. The van der Waals surface area contributed by atoms with Gasteiger partial charge in [-0.15, -0.1) is 11.3 Å². The Labute approximate surface area is 142 Å². The van der Waals surface area contributed by atoms with Gasteiger partial charge < -0.3 is 10.1 Å². The molecule has 0 saturated heterocycles. The lowest BCUT2D eigenvalue weighted by atomic mass is 10.0. The first-order valence-corrected chi connectivity index (χ1v) is 8.70. The second kappa shape index (κ2) is 6.67. The van der Waals surface area contributed by atoms with E-state index in [0.717, 1.165) is 27.1 Å². The molecule has 0 spiro atoms. The number of aryl methyl sites for hydroxylation is 1. The molecule has 114 valence electrons. The first-order valence-electron chi connectivity index (χ1n) is 7.09. The predicted molar refractivity (Wildman–Crippen MR) is 93.2 cm³/mol. The van der Waals surface area contributed by atoms with E-state index in [2.05, 4.69) is 34.2 Å². The van der Waals surface area contributed by atoms with Crippen molar-refractivity contribution < 1.29 is 9.53 Å². The number of carbonyl (C=O) groups excluding carboxylic acids is 1. The van der Waals surface area contributed by atoms with Crippen molar-refractivity contribution in [3.8, 4) is 5.75 Å². The van der Waals surface area contributed by atoms with Gasteiger partial charge in [0.05, 0.1) is 12.6 Å². The fraction of sp³-hybridized carbons (Fsp3) is 0.235. The number of ether oxygens (including phenoxy) is 1. The smallest absolute Gasteiger partial charge is 0.244 e. The molecule has 1 unspecified atom stereocenters. The molecule has 2 heterocycles. The van der Waals surface area contributed by atoms with Gasteiger partial charge in [0.15, 0.2) is 0 Å². The molecule has 0 fully saturated rings. The third-order valence-electron chi connectivity index (χ3n) is 3.49. The van der Waals surface area contributed by atoms with Crippen LogP contribution in [0.2, 0.25) is 0 Å². The van der Waals surface area contributed by atoms with Gasteiger partial charge in [-0.25, -0.2) is 0 Å². The highest BCUT2D eigenvalue weighted by Crippen LogP contribution is 2.34. The molecule has 2 aromatic rings. The standard InChI is InChI=1S/C17H16BrNO2S/c1-11-2-4-13(22-11)5-7-17(20)19-15-8-9-21-16-6-3-12(18)10-14(15)16/h2-7,10,15H,8-9H2,1H3,(H,19,20)/b7-5+. The Bertz CT molecular complexity index is 723. The largest absolute Gasteiger partial charge is 0.493 e. The summed E-state index contributed by atoms with van der Waals surface area (Å²) in [6, 6.07) is 9.94. The molecule has 1 aromatic carbocycles. The summed E-state index contributed by atoms with van der Waals surface area (Å²) < 4.78 is 6.62. The third-order valence-corrected chi connectivity index (χ3v) is 4.95. The monoisotopic (exact) mass is 377 g/mol. The zero-order chi connectivity index (χ0) is 15.5. The highest BCUT2D eigenvalue weighted by molar-refractivity contribution is 9.10. The van der Waals surface area contributed by atoms with Crippen LogP contribution in [0, 0.1) is 6.92 Å². The summed E-state index contributed by atoms with van der Waals surface area (Å²) in [6.07, 6.45) is 4.23. The Kier molecular flexibility index (Phi) is 4.64. The summed E-state index contributed by atoms with van der Waals surface area (Å²) in [7, 11) is 0. The molecule has 1 amide bonds. The number of benzene rings is 1. The topological polar surface area (TPSA) is 38.3 Å². The third kappa shape index (κ3) is 3.59. The number of rotatable bonds is 3. The average Bonchev–Trinajstić information content (AvgIpc) is 2.91. The van der Waals surface area contributed by atoms with Crippen LogP contribution in [-0.2, 0) is 4.79 Å². The zero-order valence-corrected chi connectivity index (χ0v) is 14.5. The van der Waals surface area contributed by atoms with Crippen LogP contribution >= 0.6 is 27.3 Å². The van der Waals surface area contributed by atoms with Crippen molar-refractivity contribution in [2.75, 3.05) is 6.61 Å². The van der Waals surface area contributed by atoms with Gasteiger partial charge in [0, 0.05) is 32.3 Å². The molecule has 3 rings (SSSR count). The van der Waals surface area contributed by atoms with Gasteiger partial charge in [0.2, 0.25) is 5.91 Å². The van der Waals surface area contributed by atoms with E-state index in [-0.39, 0.29) is 11.9 Å². The molecule has 5 heteroatoms. The van der Waals surface area contributed by atoms with Crippen molar-refractivity contribution >= 4 is 39.2 Å². The Morgan fingerprint density at radius 2 is 2.27 bits per heavy atom. The Morgan fingerprint density at radius 3 is 3.05 bits per heavy atom. The normalized spacial score (nSPS) is 17.1. The summed E-state index contributed by atoms with van der Waals surface area (Å²) >= 11 is 5.14. The number of thiophene rings is 1. The van der Waals surface area contributed by atoms with Crippen molar-refractivity contribution in [2.24, 2.45) is 0 Å².